The summed E-state index contributed by atoms with van der Waals surface area (Å²) in [5.41, 5.74) is 0.998. The summed E-state index contributed by atoms with van der Waals surface area (Å²) < 4.78 is 5.29. The monoisotopic (exact) mass is 249 g/mol. The minimum absolute atomic E-state index is 0.171. The van der Waals surface area contributed by atoms with E-state index < -0.39 is 0 Å². The predicted octanol–water partition coefficient (Wildman–Crippen LogP) is 3.85. The summed E-state index contributed by atoms with van der Waals surface area (Å²) in [6.07, 6.45) is 2.75. The second kappa shape index (κ2) is 7.75. The standard InChI is InChI=1S/C15H23NO2/c1-4-5-9-16-13-7-6-8-14(11-13)18-15(17)10-12(2)3/h6-8,11-12,16H,4-5,9-10H2,1-3H3. The van der Waals surface area contributed by atoms with Gasteiger partial charge in [-0.25, -0.2) is 0 Å². The molecule has 0 aliphatic carbocycles. The van der Waals surface area contributed by atoms with Crippen LogP contribution in [-0.2, 0) is 4.79 Å². The first kappa shape index (κ1) is 14.6. The van der Waals surface area contributed by atoms with Crippen molar-refractivity contribution in [3.05, 3.63) is 24.3 Å². The smallest absolute Gasteiger partial charge is 0.311 e. The molecule has 18 heavy (non-hydrogen) atoms. The van der Waals surface area contributed by atoms with Crippen molar-refractivity contribution in [1.29, 1.82) is 0 Å². The Bertz CT molecular complexity index is 375. The molecule has 0 saturated heterocycles. The number of hydrogen-bond donors (Lipinski definition) is 1. The molecule has 0 saturated carbocycles. The molecular formula is C15H23NO2. The van der Waals surface area contributed by atoms with Crippen molar-refractivity contribution in [1.82, 2.24) is 0 Å². The Hall–Kier alpha value is -1.51. The molecule has 0 amide bonds. The summed E-state index contributed by atoms with van der Waals surface area (Å²) in [5.74, 6) is 0.765. The van der Waals surface area contributed by atoms with Gasteiger partial charge in [0.15, 0.2) is 0 Å². The molecule has 0 fully saturated rings. The van der Waals surface area contributed by atoms with Crippen molar-refractivity contribution in [3.63, 3.8) is 0 Å². The van der Waals surface area contributed by atoms with Crippen molar-refractivity contribution < 1.29 is 9.53 Å². The molecule has 1 aromatic carbocycles. The Morgan fingerprint density at radius 3 is 2.83 bits per heavy atom. The van der Waals surface area contributed by atoms with Crippen molar-refractivity contribution >= 4 is 11.7 Å². The fourth-order valence-corrected chi connectivity index (χ4v) is 1.59. The van der Waals surface area contributed by atoms with Gasteiger partial charge in [-0.3, -0.25) is 4.79 Å². The summed E-state index contributed by atoms with van der Waals surface area (Å²) >= 11 is 0. The van der Waals surface area contributed by atoms with Crippen LogP contribution in [0.5, 0.6) is 5.75 Å². The van der Waals surface area contributed by atoms with E-state index in [1.807, 2.05) is 38.1 Å². The van der Waals surface area contributed by atoms with E-state index in [9.17, 15) is 4.79 Å². The van der Waals surface area contributed by atoms with Crippen LogP contribution in [0.1, 0.15) is 40.0 Å². The average molecular weight is 249 g/mol. The first-order valence-electron chi connectivity index (χ1n) is 6.66. The van der Waals surface area contributed by atoms with Gasteiger partial charge >= 0.3 is 5.97 Å². The minimum Gasteiger partial charge on any atom is -0.426 e. The zero-order valence-electron chi connectivity index (χ0n) is 11.5. The summed E-state index contributed by atoms with van der Waals surface area (Å²) in [4.78, 5) is 11.6. The summed E-state index contributed by atoms with van der Waals surface area (Å²) in [6, 6.07) is 7.55. The lowest BCUT2D eigenvalue weighted by Crippen LogP contribution is -2.11. The van der Waals surface area contributed by atoms with E-state index in [-0.39, 0.29) is 5.97 Å². The van der Waals surface area contributed by atoms with Gasteiger partial charge in [0, 0.05) is 24.7 Å². The second-order valence-corrected chi connectivity index (χ2v) is 4.88. The van der Waals surface area contributed by atoms with Gasteiger partial charge in [0.1, 0.15) is 5.75 Å². The third-order valence-electron chi connectivity index (χ3n) is 2.50. The second-order valence-electron chi connectivity index (χ2n) is 4.88. The molecule has 0 aliphatic heterocycles. The first-order valence-corrected chi connectivity index (χ1v) is 6.66. The first-order chi connectivity index (χ1) is 8.61. The van der Waals surface area contributed by atoms with Gasteiger partial charge in [0.2, 0.25) is 0 Å². The Balaban J connectivity index is 2.51. The minimum atomic E-state index is -0.171. The van der Waals surface area contributed by atoms with Crippen LogP contribution in [0.3, 0.4) is 0 Å². The van der Waals surface area contributed by atoms with E-state index in [4.69, 9.17) is 4.74 Å². The van der Waals surface area contributed by atoms with Gasteiger partial charge in [-0.2, -0.15) is 0 Å². The number of carbonyl (C=O) groups is 1. The number of unbranched alkanes of at least 4 members (excludes halogenated alkanes) is 1. The largest absolute Gasteiger partial charge is 0.426 e. The van der Waals surface area contributed by atoms with E-state index in [0.717, 1.165) is 25.1 Å². The molecule has 1 aromatic rings. The van der Waals surface area contributed by atoms with E-state index in [1.165, 1.54) is 0 Å². The zero-order chi connectivity index (χ0) is 13.4. The van der Waals surface area contributed by atoms with Crippen LogP contribution in [0, 0.1) is 5.92 Å². The topological polar surface area (TPSA) is 38.3 Å². The molecule has 0 spiro atoms. The molecule has 0 atom stereocenters. The summed E-state index contributed by atoms with van der Waals surface area (Å²) in [5, 5.41) is 3.31. The average Bonchev–Trinajstić information content (AvgIpc) is 2.28. The molecule has 3 heteroatoms. The number of anilines is 1. The quantitative estimate of drug-likeness (QED) is 0.453. The summed E-state index contributed by atoms with van der Waals surface area (Å²) in [7, 11) is 0. The van der Waals surface area contributed by atoms with Gasteiger partial charge < -0.3 is 10.1 Å². The van der Waals surface area contributed by atoms with Crippen LogP contribution in [-0.4, -0.2) is 12.5 Å². The lowest BCUT2D eigenvalue weighted by atomic mass is 10.1. The molecule has 1 rings (SSSR count). The Morgan fingerprint density at radius 1 is 1.39 bits per heavy atom. The Morgan fingerprint density at radius 2 is 2.17 bits per heavy atom. The van der Waals surface area contributed by atoms with Crippen molar-refractivity contribution in [2.45, 2.75) is 40.0 Å². The lowest BCUT2D eigenvalue weighted by Gasteiger charge is -2.09. The van der Waals surface area contributed by atoms with Crippen molar-refractivity contribution in [2.75, 3.05) is 11.9 Å². The van der Waals surface area contributed by atoms with Gasteiger partial charge in [0.05, 0.1) is 0 Å². The predicted molar refractivity (Wildman–Crippen MR) is 74.9 cm³/mol. The third kappa shape index (κ3) is 5.71. The summed E-state index contributed by atoms with van der Waals surface area (Å²) in [6.45, 7) is 7.11. The van der Waals surface area contributed by atoms with Crippen LogP contribution in [0.2, 0.25) is 0 Å². The highest BCUT2D eigenvalue weighted by Crippen LogP contribution is 2.18. The SMILES string of the molecule is CCCCNc1cccc(OC(=O)CC(C)C)c1. The van der Waals surface area contributed by atoms with E-state index in [1.54, 1.807) is 0 Å². The van der Waals surface area contributed by atoms with Crippen molar-refractivity contribution in [3.8, 4) is 5.75 Å². The molecule has 100 valence electrons. The molecule has 3 nitrogen and oxygen atoms in total. The molecule has 0 aliphatic rings. The third-order valence-corrected chi connectivity index (χ3v) is 2.50. The maximum atomic E-state index is 11.6. The van der Waals surface area contributed by atoms with E-state index in [0.29, 0.717) is 18.1 Å². The van der Waals surface area contributed by atoms with Gasteiger partial charge in [-0.15, -0.1) is 0 Å². The molecule has 0 unspecified atom stereocenters. The number of ether oxygens (including phenoxy) is 1. The van der Waals surface area contributed by atoms with Crippen LogP contribution >= 0.6 is 0 Å². The highest BCUT2D eigenvalue weighted by Gasteiger charge is 2.07. The molecule has 0 aromatic heterocycles. The molecular weight excluding hydrogens is 226 g/mol. The highest BCUT2D eigenvalue weighted by atomic mass is 16.5. The number of carbonyl (C=O) groups excluding carboxylic acids is 1. The molecule has 1 N–H and O–H groups in total. The maximum Gasteiger partial charge on any atom is 0.311 e. The van der Waals surface area contributed by atoms with Gasteiger partial charge in [-0.05, 0) is 24.5 Å². The van der Waals surface area contributed by atoms with E-state index in [2.05, 4.69) is 12.2 Å². The molecule has 0 radical (unpaired) electrons. The van der Waals surface area contributed by atoms with Crippen LogP contribution in [0.4, 0.5) is 5.69 Å². The fourth-order valence-electron chi connectivity index (χ4n) is 1.59. The number of esters is 1. The molecule has 0 bridgehead atoms. The normalized spacial score (nSPS) is 10.4. The number of rotatable bonds is 7. The number of nitrogens with one attached hydrogen (secondary N) is 1. The molecule has 0 heterocycles. The maximum absolute atomic E-state index is 11.6. The lowest BCUT2D eigenvalue weighted by molar-refractivity contribution is -0.135. The van der Waals surface area contributed by atoms with Gasteiger partial charge in [-0.1, -0.05) is 33.3 Å². The van der Waals surface area contributed by atoms with Crippen molar-refractivity contribution in [2.24, 2.45) is 5.92 Å². The fraction of sp³-hybridized carbons (Fsp3) is 0.533. The Kier molecular flexibility index (Phi) is 6.26. The zero-order valence-corrected chi connectivity index (χ0v) is 11.5. The van der Waals surface area contributed by atoms with Gasteiger partial charge in [0.25, 0.3) is 0 Å². The Labute approximate surface area is 110 Å². The van der Waals surface area contributed by atoms with E-state index >= 15 is 0 Å². The van der Waals surface area contributed by atoms with Crippen LogP contribution in [0.25, 0.3) is 0 Å². The van der Waals surface area contributed by atoms with Crippen LogP contribution in [0.15, 0.2) is 24.3 Å². The number of benzene rings is 1. The number of hydrogen-bond acceptors (Lipinski definition) is 3. The van der Waals surface area contributed by atoms with Crippen LogP contribution < -0.4 is 10.1 Å². The highest BCUT2D eigenvalue weighted by molar-refractivity contribution is 5.73.